The van der Waals surface area contributed by atoms with Gasteiger partial charge in [0, 0.05) is 24.1 Å². The summed E-state index contributed by atoms with van der Waals surface area (Å²) in [4.78, 5) is 17.4. The Labute approximate surface area is 198 Å². The zero-order valence-electron chi connectivity index (χ0n) is 18.0. The van der Waals surface area contributed by atoms with E-state index in [1.54, 1.807) is 22.7 Å². The van der Waals surface area contributed by atoms with Gasteiger partial charge < -0.3 is 15.4 Å². The molecule has 0 atom stereocenters. The number of aromatic nitrogens is 2. The monoisotopic (exact) mass is 488 g/mol. The molecule has 0 saturated heterocycles. The summed E-state index contributed by atoms with van der Waals surface area (Å²) >= 11 is 6.09. The number of benzene rings is 2. The molecule has 0 aliphatic heterocycles. The van der Waals surface area contributed by atoms with Gasteiger partial charge in [0.25, 0.3) is 5.91 Å². The first-order chi connectivity index (χ1) is 16.2. The SMILES string of the molecule is CCc1nc2ccc(Cl)cn2c1C(=O)NCc1ccc(Nc2ccc(OC(F)(F)F)cc2)cc1. The Hall–Kier alpha value is -3.72. The van der Waals surface area contributed by atoms with Crippen LogP contribution >= 0.6 is 11.6 Å². The standard InChI is InChI=1S/C24H20ClF3N4O2/c1-2-20-22(32-14-16(25)5-12-21(32)31-20)23(33)29-13-15-3-6-17(7-4-15)30-18-8-10-19(11-9-18)34-24(26,27)28/h3-12,14,30H,2,13H2,1H3,(H,29,33). The minimum absolute atomic E-state index is 0.255. The van der Waals surface area contributed by atoms with Gasteiger partial charge in [-0.25, -0.2) is 4.98 Å². The van der Waals surface area contributed by atoms with Crippen molar-refractivity contribution in [2.24, 2.45) is 0 Å². The highest BCUT2D eigenvalue weighted by molar-refractivity contribution is 6.30. The highest BCUT2D eigenvalue weighted by Gasteiger charge is 2.30. The molecule has 0 bridgehead atoms. The van der Waals surface area contributed by atoms with Gasteiger partial charge in [0.05, 0.1) is 10.7 Å². The first-order valence-electron chi connectivity index (χ1n) is 10.4. The molecule has 10 heteroatoms. The number of carbonyl (C=O) groups excluding carboxylic acids is 1. The number of nitrogens with one attached hydrogen (secondary N) is 2. The second-order valence-corrected chi connectivity index (χ2v) is 7.85. The molecule has 2 N–H and O–H groups in total. The lowest BCUT2D eigenvalue weighted by Crippen LogP contribution is -2.25. The van der Waals surface area contributed by atoms with Gasteiger partial charge in [0.2, 0.25) is 0 Å². The molecule has 0 aliphatic carbocycles. The van der Waals surface area contributed by atoms with Gasteiger partial charge in [-0.05, 0) is 60.5 Å². The van der Waals surface area contributed by atoms with Crippen LogP contribution in [0, 0.1) is 0 Å². The van der Waals surface area contributed by atoms with E-state index in [9.17, 15) is 18.0 Å². The quantitative estimate of drug-likeness (QED) is 0.329. The molecular formula is C24H20ClF3N4O2. The summed E-state index contributed by atoms with van der Waals surface area (Å²) < 4.78 is 42.4. The first-order valence-corrected chi connectivity index (χ1v) is 10.8. The molecule has 0 fully saturated rings. The number of pyridine rings is 1. The largest absolute Gasteiger partial charge is 0.573 e. The van der Waals surface area contributed by atoms with Crippen LogP contribution < -0.4 is 15.4 Å². The number of carbonyl (C=O) groups is 1. The van der Waals surface area contributed by atoms with E-state index in [1.807, 2.05) is 31.2 Å². The fourth-order valence-electron chi connectivity index (χ4n) is 3.43. The van der Waals surface area contributed by atoms with Crippen molar-refractivity contribution in [2.75, 3.05) is 5.32 Å². The van der Waals surface area contributed by atoms with E-state index >= 15 is 0 Å². The number of anilines is 2. The molecule has 0 spiro atoms. The van der Waals surface area contributed by atoms with Gasteiger partial charge in [0.15, 0.2) is 0 Å². The third-order valence-corrected chi connectivity index (χ3v) is 5.21. The predicted molar refractivity (Wildman–Crippen MR) is 124 cm³/mol. The van der Waals surface area contributed by atoms with Crippen LogP contribution in [-0.2, 0) is 13.0 Å². The van der Waals surface area contributed by atoms with Gasteiger partial charge in [0.1, 0.15) is 17.1 Å². The molecule has 6 nitrogen and oxygen atoms in total. The number of aryl methyl sites for hydroxylation is 1. The molecule has 0 aliphatic rings. The number of nitrogens with zero attached hydrogens (tertiary/aromatic N) is 2. The lowest BCUT2D eigenvalue weighted by Gasteiger charge is -2.11. The Morgan fingerprint density at radius 1 is 1.03 bits per heavy atom. The molecule has 34 heavy (non-hydrogen) atoms. The second kappa shape index (κ2) is 9.64. The topological polar surface area (TPSA) is 67.7 Å². The van der Waals surface area contributed by atoms with Crippen molar-refractivity contribution in [1.29, 1.82) is 0 Å². The van der Waals surface area contributed by atoms with Crippen molar-refractivity contribution in [3.63, 3.8) is 0 Å². The zero-order valence-corrected chi connectivity index (χ0v) is 18.7. The maximum absolute atomic E-state index is 12.9. The molecule has 4 rings (SSSR count). The third kappa shape index (κ3) is 5.60. The van der Waals surface area contributed by atoms with Crippen molar-refractivity contribution in [1.82, 2.24) is 14.7 Å². The number of amides is 1. The molecule has 176 valence electrons. The van der Waals surface area contributed by atoms with E-state index < -0.39 is 6.36 Å². The van der Waals surface area contributed by atoms with Gasteiger partial charge in [-0.3, -0.25) is 9.20 Å². The third-order valence-electron chi connectivity index (χ3n) is 4.99. The van der Waals surface area contributed by atoms with E-state index in [1.165, 1.54) is 24.3 Å². The Balaban J connectivity index is 1.38. The number of fused-ring (bicyclic) bond motifs is 1. The number of halogens is 4. The molecule has 0 radical (unpaired) electrons. The number of hydrogen-bond acceptors (Lipinski definition) is 4. The van der Waals surface area contributed by atoms with E-state index in [2.05, 4.69) is 20.4 Å². The van der Waals surface area contributed by atoms with Crippen molar-refractivity contribution in [3.05, 3.63) is 88.8 Å². The number of ether oxygens (including phenoxy) is 1. The van der Waals surface area contributed by atoms with E-state index in [-0.39, 0.29) is 11.7 Å². The number of alkyl halides is 3. The van der Waals surface area contributed by atoms with Gasteiger partial charge in [-0.1, -0.05) is 30.7 Å². The smallest absolute Gasteiger partial charge is 0.406 e. The van der Waals surface area contributed by atoms with Crippen LogP contribution in [-0.4, -0.2) is 21.7 Å². The van der Waals surface area contributed by atoms with Crippen LogP contribution in [0.1, 0.15) is 28.7 Å². The van der Waals surface area contributed by atoms with Gasteiger partial charge >= 0.3 is 6.36 Å². The Bertz CT molecular complexity index is 1300. The molecule has 2 aromatic carbocycles. The predicted octanol–water partition coefficient (Wildman–Crippen LogP) is 6.12. The van der Waals surface area contributed by atoms with Crippen LogP contribution in [0.25, 0.3) is 5.65 Å². The first kappa shape index (κ1) is 23.4. The van der Waals surface area contributed by atoms with Gasteiger partial charge in [-0.2, -0.15) is 0 Å². The summed E-state index contributed by atoms with van der Waals surface area (Å²) in [5, 5.41) is 6.52. The fourth-order valence-corrected chi connectivity index (χ4v) is 3.59. The second-order valence-electron chi connectivity index (χ2n) is 7.41. The number of imidazole rings is 1. The minimum atomic E-state index is -4.73. The van der Waals surface area contributed by atoms with Crippen molar-refractivity contribution in [2.45, 2.75) is 26.3 Å². The molecule has 0 saturated carbocycles. The van der Waals surface area contributed by atoms with Gasteiger partial charge in [-0.15, -0.1) is 13.2 Å². The van der Waals surface area contributed by atoms with Crippen LogP contribution in [0.5, 0.6) is 5.75 Å². The maximum atomic E-state index is 12.9. The van der Waals surface area contributed by atoms with E-state index in [4.69, 9.17) is 11.6 Å². The summed E-state index contributed by atoms with van der Waals surface area (Å²) in [5.74, 6) is -0.543. The summed E-state index contributed by atoms with van der Waals surface area (Å²) in [6, 6.07) is 16.2. The molecule has 0 unspecified atom stereocenters. The van der Waals surface area contributed by atoms with E-state index in [0.29, 0.717) is 40.7 Å². The summed E-state index contributed by atoms with van der Waals surface area (Å²) in [7, 11) is 0. The zero-order chi connectivity index (χ0) is 24.3. The molecule has 2 aromatic heterocycles. The summed E-state index contributed by atoms with van der Waals surface area (Å²) in [6.45, 7) is 2.24. The minimum Gasteiger partial charge on any atom is -0.406 e. The van der Waals surface area contributed by atoms with Crippen LogP contribution in [0.2, 0.25) is 5.02 Å². The molecule has 1 amide bonds. The Kier molecular flexibility index (Phi) is 6.65. The summed E-state index contributed by atoms with van der Waals surface area (Å²) in [6.07, 6.45) is -2.46. The molecular weight excluding hydrogens is 469 g/mol. The molecule has 4 aromatic rings. The van der Waals surface area contributed by atoms with Crippen LogP contribution in [0.3, 0.4) is 0 Å². The highest BCUT2D eigenvalue weighted by Crippen LogP contribution is 2.25. The van der Waals surface area contributed by atoms with Crippen LogP contribution in [0.15, 0.2) is 66.9 Å². The van der Waals surface area contributed by atoms with Crippen molar-refractivity contribution in [3.8, 4) is 5.75 Å². The number of hydrogen-bond donors (Lipinski definition) is 2. The molecule has 2 heterocycles. The average Bonchev–Trinajstić information content (AvgIpc) is 3.16. The lowest BCUT2D eigenvalue weighted by atomic mass is 10.2. The normalized spacial score (nSPS) is 11.4. The lowest BCUT2D eigenvalue weighted by molar-refractivity contribution is -0.274. The fraction of sp³-hybridized carbons (Fsp3) is 0.167. The number of rotatable bonds is 7. The Morgan fingerprint density at radius 3 is 2.29 bits per heavy atom. The Morgan fingerprint density at radius 2 is 1.68 bits per heavy atom. The summed E-state index contributed by atoms with van der Waals surface area (Å²) in [5.41, 5.74) is 4.01. The van der Waals surface area contributed by atoms with Crippen molar-refractivity contribution >= 4 is 34.5 Å². The average molecular weight is 489 g/mol. The highest BCUT2D eigenvalue weighted by atomic mass is 35.5. The van der Waals surface area contributed by atoms with Crippen molar-refractivity contribution < 1.29 is 22.7 Å². The maximum Gasteiger partial charge on any atom is 0.573 e. The van der Waals surface area contributed by atoms with Crippen LogP contribution in [0.4, 0.5) is 24.5 Å². The van der Waals surface area contributed by atoms with E-state index in [0.717, 1.165) is 11.3 Å².